The van der Waals surface area contributed by atoms with Crippen LogP contribution in [0.2, 0.25) is 0 Å². The minimum atomic E-state index is -2.88. The lowest BCUT2D eigenvalue weighted by Crippen LogP contribution is -2.43. The predicted molar refractivity (Wildman–Crippen MR) is 145 cm³/mol. The van der Waals surface area contributed by atoms with Crippen LogP contribution in [0.5, 0.6) is 0 Å². The van der Waals surface area contributed by atoms with Crippen LogP contribution in [0.1, 0.15) is 30.9 Å². The lowest BCUT2D eigenvalue weighted by molar-refractivity contribution is -0.108. The van der Waals surface area contributed by atoms with Gasteiger partial charge in [-0.25, -0.2) is 8.78 Å². The van der Waals surface area contributed by atoms with Gasteiger partial charge in [0.25, 0.3) is 5.89 Å². The number of halogens is 4. The molecular weight excluding hydrogens is 540 g/mol. The zero-order valence-electron chi connectivity index (χ0n) is 22.5. The number of alkyl halides is 2. The molecule has 2 aromatic carbocycles. The van der Waals surface area contributed by atoms with Gasteiger partial charge in [0.1, 0.15) is 11.6 Å². The summed E-state index contributed by atoms with van der Waals surface area (Å²) < 4.78 is 60.8. The van der Waals surface area contributed by atoms with E-state index < -0.39 is 24.0 Å². The first kappa shape index (κ1) is 28.2. The van der Waals surface area contributed by atoms with E-state index in [1.54, 1.807) is 35.0 Å². The molecule has 1 saturated heterocycles. The second kappa shape index (κ2) is 12.0. The zero-order valence-corrected chi connectivity index (χ0v) is 22.5. The van der Waals surface area contributed by atoms with Gasteiger partial charge in [0.2, 0.25) is 12.3 Å². The molecule has 0 bridgehead atoms. The van der Waals surface area contributed by atoms with Crippen LogP contribution in [0, 0.1) is 11.6 Å². The maximum atomic E-state index is 15.6. The third-order valence-electron chi connectivity index (χ3n) is 7.21. The summed E-state index contributed by atoms with van der Waals surface area (Å²) in [6.07, 6.45) is 0.756. The molecule has 0 unspecified atom stereocenters. The van der Waals surface area contributed by atoms with E-state index in [9.17, 15) is 18.0 Å². The zero-order chi connectivity index (χ0) is 29.1. The highest BCUT2D eigenvalue weighted by atomic mass is 19.3. The number of piperidine rings is 1. The van der Waals surface area contributed by atoms with Gasteiger partial charge in [-0.2, -0.15) is 8.78 Å². The first-order valence-electron chi connectivity index (χ1n) is 13.0. The smallest absolute Gasteiger partial charge is 0.314 e. The Balaban J connectivity index is 1.48. The van der Waals surface area contributed by atoms with Crippen LogP contribution in [0.3, 0.4) is 0 Å². The molecule has 1 fully saturated rings. The van der Waals surface area contributed by atoms with Crippen molar-refractivity contribution in [3.8, 4) is 22.6 Å². The summed E-state index contributed by atoms with van der Waals surface area (Å²) in [6.45, 7) is 1.82. The van der Waals surface area contributed by atoms with Crippen molar-refractivity contribution in [2.75, 3.05) is 37.0 Å². The van der Waals surface area contributed by atoms with E-state index >= 15 is 4.39 Å². The lowest BCUT2D eigenvalue weighted by atomic mass is 9.99. The minimum absolute atomic E-state index is 0.0558. The molecule has 5 rings (SSSR count). The molecule has 41 heavy (non-hydrogen) atoms. The quantitative estimate of drug-likeness (QED) is 0.189. The van der Waals surface area contributed by atoms with Crippen molar-refractivity contribution in [3.63, 3.8) is 0 Å². The summed E-state index contributed by atoms with van der Waals surface area (Å²) in [5.41, 5.74) is 1.98. The third kappa shape index (κ3) is 6.07. The number of anilines is 2. The first-order valence-corrected chi connectivity index (χ1v) is 13.0. The third-order valence-corrected chi connectivity index (χ3v) is 7.21. The number of hydrogen-bond donors (Lipinski definition) is 0. The SMILES string of the molecule is CN1CCC(N(C=O)c2cc(-c3ccccc3F)c(F)cc2N(C)Cc2ccc(-c3nnc(C(F)F)o3)cn2)CC1. The number of likely N-dealkylation sites (tertiary alicyclic amines) is 1. The van der Waals surface area contributed by atoms with Gasteiger partial charge in [0, 0.05) is 30.4 Å². The molecule has 0 N–H and O–H groups in total. The summed E-state index contributed by atoms with van der Waals surface area (Å²) in [4.78, 5) is 22.4. The van der Waals surface area contributed by atoms with Crippen LogP contribution >= 0.6 is 0 Å². The topological polar surface area (TPSA) is 78.6 Å². The highest BCUT2D eigenvalue weighted by Gasteiger charge is 2.28. The highest BCUT2D eigenvalue weighted by Crippen LogP contribution is 2.39. The lowest BCUT2D eigenvalue weighted by Gasteiger charge is -2.37. The van der Waals surface area contributed by atoms with Crippen LogP contribution in [0.15, 0.2) is 59.1 Å². The van der Waals surface area contributed by atoms with Crippen molar-refractivity contribution in [1.29, 1.82) is 0 Å². The Morgan fingerprint density at radius 1 is 1.02 bits per heavy atom. The normalized spacial score (nSPS) is 14.4. The summed E-state index contributed by atoms with van der Waals surface area (Å²) in [6, 6.07) is 11.9. The van der Waals surface area contributed by atoms with Crippen molar-refractivity contribution in [1.82, 2.24) is 20.1 Å². The van der Waals surface area contributed by atoms with Crippen molar-refractivity contribution in [2.24, 2.45) is 0 Å². The fourth-order valence-corrected chi connectivity index (χ4v) is 4.97. The molecule has 3 heterocycles. The second-order valence-corrected chi connectivity index (χ2v) is 9.99. The van der Waals surface area contributed by atoms with Gasteiger partial charge >= 0.3 is 6.43 Å². The summed E-state index contributed by atoms with van der Waals surface area (Å²) in [7, 11) is 3.75. The standard InChI is InChI=1S/C29H28F4N6O2/c1-37-11-9-20(10-12-37)39(17-40)26-13-22(21-5-3-4-6-23(21)30)24(31)14-25(26)38(2)16-19-8-7-18(15-34-19)28-35-36-29(41-28)27(32)33/h3-8,13-15,17,20,27H,9-12,16H2,1-2H3. The molecule has 0 radical (unpaired) electrons. The fraction of sp³-hybridized carbons (Fsp3) is 0.310. The molecule has 12 heteroatoms. The van der Waals surface area contributed by atoms with Crippen molar-refractivity contribution < 1.29 is 26.8 Å². The Hall–Kier alpha value is -4.32. The number of nitrogens with zero attached hydrogens (tertiary/aromatic N) is 6. The average Bonchev–Trinajstić information content (AvgIpc) is 3.47. The average molecular weight is 569 g/mol. The summed E-state index contributed by atoms with van der Waals surface area (Å²) in [5.74, 6) is -2.06. The molecule has 4 aromatic rings. The van der Waals surface area contributed by atoms with Crippen LogP contribution < -0.4 is 9.80 Å². The Labute approximate surface area is 234 Å². The molecule has 214 valence electrons. The van der Waals surface area contributed by atoms with Crippen LogP contribution in [0.4, 0.5) is 28.9 Å². The monoisotopic (exact) mass is 568 g/mol. The molecule has 0 aliphatic carbocycles. The summed E-state index contributed by atoms with van der Waals surface area (Å²) >= 11 is 0. The van der Waals surface area contributed by atoms with Crippen LogP contribution in [0.25, 0.3) is 22.6 Å². The molecule has 2 aromatic heterocycles. The molecule has 1 aliphatic rings. The Morgan fingerprint density at radius 2 is 1.78 bits per heavy atom. The van der Waals surface area contributed by atoms with E-state index in [0.29, 0.717) is 22.6 Å². The molecule has 1 amide bonds. The Kier molecular flexibility index (Phi) is 8.29. The van der Waals surface area contributed by atoms with E-state index in [4.69, 9.17) is 4.42 Å². The van der Waals surface area contributed by atoms with Gasteiger partial charge < -0.3 is 19.1 Å². The van der Waals surface area contributed by atoms with Crippen molar-refractivity contribution in [3.05, 3.63) is 77.9 Å². The largest absolute Gasteiger partial charge is 0.415 e. The molecule has 1 aliphatic heterocycles. The number of amides is 1. The molecule has 0 spiro atoms. The van der Waals surface area contributed by atoms with E-state index in [1.807, 2.05) is 7.05 Å². The maximum Gasteiger partial charge on any atom is 0.314 e. The van der Waals surface area contributed by atoms with Gasteiger partial charge in [0.15, 0.2) is 0 Å². The number of aromatic nitrogens is 3. The Bertz CT molecular complexity index is 1510. The van der Waals surface area contributed by atoms with Gasteiger partial charge in [-0.05, 0) is 63.3 Å². The molecule has 8 nitrogen and oxygen atoms in total. The van der Waals surface area contributed by atoms with Crippen LogP contribution in [-0.2, 0) is 11.3 Å². The summed E-state index contributed by atoms with van der Waals surface area (Å²) in [5, 5.41) is 6.95. The maximum absolute atomic E-state index is 15.6. The molecular formula is C29H28F4N6O2. The number of rotatable bonds is 9. The van der Waals surface area contributed by atoms with Gasteiger partial charge in [-0.15, -0.1) is 10.2 Å². The first-order chi connectivity index (χ1) is 19.7. The van der Waals surface area contributed by atoms with Crippen molar-refractivity contribution >= 4 is 17.8 Å². The number of hydrogen-bond acceptors (Lipinski definition) is 7. The van der Waals surface area contributed by atoms with E-state index in [1.165, 1.54) is 36.5 Å². The number of carbonyl (C=O) groups excluding carboxylic acids is 1. The van der Waals surface area contributed by atoms with E-state index in [2.05, 4.69) is 20.1 Å². The number of pyridine rings is 1. The molecule has 0 saturated carbocycles. The Morgan fingerprint density at radius 3 is 2.41 bits per heavy atom. The van der Waals surface area contributed by atoms with Crippen LogP contribution in [-0.4, -0.2) is 59.7 Å². The van der Waals surface area contributed by atoms with E-state index in [-0.39, 0.29) is 29.6 Å². The fourth-order valence-electron chi connectivity index (χ4n) is 4.97. The van der Waals surface area contributed by atoms with Gasteiger partial charge in [0.05, 0.1) is 29.2 Å². The van der Waals surface area contributed by atoms with Gasteiger partial charge in [-0.3, -0.25) is 9.78 Å². The molecule has 0 atom stereocenters. The van der Waals surface area contributed by atoms with E-state index in [0.717, 1.165) is 32.3 Å². The van der Waals surface area contributed by atoms with Gasteiger partial charge in [-0.1, -0.05) is 18.2 Å². The minimum Gasteiger partial charge on any atom is -0.415 e. The number of carbonyl (C=O) groups is 1. The second-order valence-electron chi connectivity index (χ2n) is 9.99. The number of benzene rings is 2. The predicted octanol–water partition coefficient (Wildman–Crippen LogP) is 5.71. The van der Waals surface area contributed by atoms with Crippen molar-refractivity contribution in [2.45, 2.75) is 31.9 Å². The highest BCUT2D eigenvalue weighted by molar-refractivity contribution is 5.88.